The highest BCUT2D eigenvalue weighted by molar-refractivity contribution is 5.25. The van der Waals surface area contributed by atoms with E-state index in [4.69, 9.17) is 0 Å². The van der Waals surface area contributed by atoms with E-state index in [2.05, 4.69) is 41.4 Å². The number of nitrogens with one attached hydrogen (secondary N) is 1. The van der Waals surface area contributed by atoms with E-state index in [0.29, 0.717) is 6.04 Å². The Labute approximate surface area is 117 Å². The minimum Gasteiger partial charge on any atom is -0.314 e. The number of hydrogen-bond donors (Lipinski definition) is 1. The molecule has 1 atom stereocenters. The zero-order valence-corrected chi connectivity index (χ0v) is 12.1. The van der Waals surface area contributed by atoms with E-state index in [-0.39, 0.29) is 0 Å². The van der Waals surface area contributed by atoms with Gasteiger partial charge in [0, 0.05) is 32.2 Å². The van der Waals surface area contributed by atoms with Crippen molar-refractivity contribution in [3.05, 3.63) is 35.4 Å². The molecule has 0 radical (unpaired) electrons. The molecule has 2 aliphatic rings. The fourth-order valence-electron chi connectivity index (χ4n) is 3.13. The normalized spacial score (nSPS) is 22.4. The summed E-state index contributed by atoms with van der Waals surface area (Å²) in [6.07, 6.45) is 5.41. The van der Waals surface area contributed by atoms with E-state index in [1.54, 1.807) is 0 Å². The molecule has 0 spiro atoms. The van der Waals surface area contributed by atoms with Crippen LogP contribution >= 0.6 is 0 Å². The third-order valence-corrected chi connectivity index (χ3v) is 4.62. The van der Waals surface area contributed by atoms with Crippen molar-refractivity contribution < 1.29 is 0 Å². The van der Waals surface area contributed by atoms with Crippen molar-refractivity contribution in [2.45, 2.75) is 38.6 Å². The molecule has 1 heterocycles. The SMILES string of the molecule is CCc1ccc([C@H](CC2CC2)N2CCNCC2)cc1. The van der Waals surface area contributed by atoms with Crippen molar-refractivity contribution in [2.75, 3.05) is 26.2 Å². The van der Waals surface area contributed by atoms with Gasteiger partial charge in [-0.25, -0.2) is 0 Å². The third-order valence-electron chi connectivity index (χ3n) is 4.62. The number of benzene rings is 1. The van der Waals surface area contributed by atoms with Gasteiger partial charge in [-0.1, -0.05) is 44.0 Å². The van der Waals surface area contributed by atoms with Gasteiger partial charge in [0.2, 0.25) is 0 Å². The van der Waals surface area contributed by atoms with E-state index >= 15 is 0 Å². The molecule has 0 bridgehead atoms. The first-order chi connectivity index (χ1) is 9.36. The highest BCUT2D eigenvalue weighted by Gasteiger charge is 2.30. The van der Waals surface area contributed by atoms with Gasteiger partial charge in [-0.2, -0.15) is 0 Å². The van der Waals surface area contributed by atoms with Gasteiger partial charge < -0.3 is 5.32 Å². The van der Waals surface area contributed by atoms with E-state index in [9.17, 15) is 0 Å². The van der Waals surface area contributed by atoms with Crippen LogP contribution in [-0.2, 0) is 6.42 Å². The van der Waals surface area contributed by atoms with E-state index in [0.717, 1.165) is 25.4 Å². The van der Waals surface area contributed by atoms with Gasteiger partial charge >= 0.3 is 0 Å². The molecule has 1 N–H and O–H groups in total. The standard InChI is InChI=1S/C17H26N2/c1-2-14-5-7-16(8-6-14)17(13-15-3-4-15)19-11-9-18-10-12-19/h5-8,15,17-18H,2-4,9-13H2,1H3/t17-/m0/s1. The number of piperazine rings is 1. The minimum atomic E-state index is 0.653. The summed E-state index contributed by atoms with van der Waals surface area (Å²) in [5.74, 6) is 0.991. The van der Waals surface area contributed by atoms with Crippen LogP contribution in [0.15, 0.2) is 24.3 Å². The van der Waals surface area contributed by atoms with Gasteiger partial charge in [0.1, 0.15) is 0 Å². The summed E-state index contributed by atoms with van der Waals surface area (Å²) in [5.41, 5.74) is 2.99. The molecule has 1 aliphatic heterocycles. The first-order valence-electron chi connectivity index (χ1n) is 7.90. The Hall–Kier alpha value is -0.860. The number of nitrogens with zero attached hydrogens (tertiary/aromatic N) is 1. The molecule has 1 saturated heterocycles. The van der Waals surface area contributed by atoms with Crippen LogP contribution in [-0.4, -0.2) is 31.1 Å². The lowest BCUT2D eigenvalue weighted by atomic mass is 9.97. The molecule has 2 heteroatoms. The first kappa shape index (κ1) is 13.1. The van der Waals surface area contributed by atoms with Crippen LogP contribution in [0.3, 0.4) is 0 Å². The summed E-state index contributed by atoms with van der Waals surface area (Å²) in [4.78, 5) is 2.69. The molecule has 3 rings (SSSR count). The maximum atomic E-state index is 3.47. The van der Waals surface area contributed by atoms with Crippen LogP contribution in [0.1, 0.15) is 43.4 Å². The van der Waals surface area contributed by atoms with Crippen molar-refractivity contribution in [1.29, 1.82) is 0 Å². The number of rotatable bonds is 5. The molecule has 2 fully saturated rings. The van der Waals surface area contributed by atoms with Crippen LogP contribution in [0.25, 0.3) is 0 Å². The molecule has 0 aromatic heterocycles. The predicted molar refractivity (Wildman–Crippen MR) is 80.3 cm³/mol. The van der Waals surface area contributed by atoms with Crippen LogP contribution in [0, 0.1) is 5.92 Å². The van der Waals surface area contributed by atoms with Gasteiger partial charge in [-0.3, -0.25) is 4.90 Å². The van der Waals surface area contributed by atoms with Crippen LogP contribution in [0.2, 0.25) is 0 Å². The largest absolute Gasteiger partial charge is 0.314 e. The molecule has 1 aliphatic carbocycles. The Kier molecular flexibility index (Phi) is 4.19. The lowest BCUT2D eigenvalue weighted by Crippen LogP contribution is -2.45. The topological polar surface area (TPSA) is 15.3 Å². The minimum absolute atomic E-state index is 0.653. The van der Waals surface area contributed by atoms with Gasteiger partial charge in [0.15, 0.2) is 0 Å². The summed E-state index contributed by atoms with van der Waals surface area (Å²) in [5, 5.41) is 3.47. The van der Waals surface area contributed by atoms with Gasteiger partial charge in [0.05, 0.1) is 0 Å². The van der Waals surface area contributed by atoms with Crippen molar-refractivity contribution in [3.8, 4) is 0 Å². The van der Waals surface area contributed by atoms with Crippen molar-refractivity contribution in [3.63, 3.8) is 0 Å². The fraction of sp³-hybridized carbons (Fsp3) is 0.647. The molecule has 0 amide bonds. The summed E-state index contributed by atoms with van der Waals surface area (Å²) < 4.78 is 0. The molecular formula is C17H26N2. The highest BCUT2D eigenvalue weighted by atomic mass is 15.2. The molecule has 1 aromatic carbocycles. The average molecular weight is 258 g/mol. The highest BCUT2D eigenvalue weighted by Crippen LogP contribution is 2.40. The molecule has 1 aromatic rings. The number of hydrogen-bond acceptors (Lipinski definition) is 2. The Balaban J connectivity index is 1.75. The Bertz CT molecular complexity index is 388. The van der Waals surface area contributed by atoms with Crippen molar-refractivity contribution >= 4 is 0 Å². The fourth-order valence-corrected chi connectivity index (χ4v) is 3.13. The van der Waals surface area contributed by atoms with Crippen LogP contribution in [0.5, 0.6) is 0 Å². The smallest absolute Gasteiger partial charge is 0.0351 e. The Morgan fingerprint density at radius 1 is 1.16 bits per heavy atom. The second kappa shape index (κ2) is 6.06. The van der Waals surface area contributed by atoms with E-state index in [1.165, 1.54) is 43.5 Å². The van der Waals surface area contributed by atoms with Crippen molar-refractivity contribution in [1.82, 2.24) is 10.2 Å². The summed E-state index contributed by atoms with van der Waals surface area (Å²) in [6, 6.07) is 10.0. The molecule has 19 heavy (non-hydrogen) atoms. The quantitative estimate of drug-likeness (QED) is 0.873. The van der Waals surface area contributed by atoms with E-state index < -0.39 is 0 Å². The summed E-state index contributed by atoms with van der Waals surface area (Å²) >= 11 is 0. The number of aryl methyl sites for hydroxylation is 1. The Morgan fingerprint density at radius 3 is 2.42 bits per heavy atom. The zero-order chi connectivity index (χ0) is 13.1. The maximum Gasteiger partial charge on any atom is 0.0351 e. The lowest BCUT2D eigenvalue weighted by Gasteiger charge is -2.35. The summed E-state index contributed by atoms with van der Waals surface area (Å²) in [6.45, 7) is 6.93. The first-order valence-corrected chi connectivity index (χ1v) is 7.90. The molecule has 1 saturated carbocycles. The van der Waals surface area contributed by atoms with Crippen molar-refractivity contribution in [2.24, 2.45) is 5.92 Å². The second-order valence-electron chi connectivity index (χ2n) is 6.08. The predicted octanol–water partition coefficient (Wildman–Crippen LogP) is 3.00. The van der Waals surface area contributed by atoms with E-state index in [1.807, 2.05) is 0 Å². The van der Waals surface area contributed by atoms with Crippen LogP contribution < -0.4 is 5.32 Å². The molecular weight excluding hydrogens is 232 g/mol. The maximum absolute atomic E-state index is 3.47. The molecule has 2 nitrogen and oxygen atoms in total. The Morgan fingerprint density at radius 2 is 1.84 bits per heavy atom. The lowest BCUT2D eigenvalue weighted by molar-refractivity contribution is 0.160. The third kappa shape index (κ3) is 3.37. The van der Waals surface area contributed by atoms with Gasteiger partial charge in [-0.05, 0) is 29.9 Å². The van der Waals surface area contributed by atoms with Crippen LogP contribution in [0.4, 0.5) is 0 Å². The monoisotopic (exact) mass is 258 g/mol. The molecule has 104 valence electrons. The molecule has 0 unspecified atom stereocenters. The zero-order valence-electron chi connectivity index (χ0n) is 12.1. The van der Waals surface area contributed by atoms with Gasteiger partial charge in [0.25, 0.3) is 0 Å². The van der Waals surface area contributed by atoms with Gasteiger partial charge in [-0.15, -0.1) is 0 Å². The average Bonchev–Trinajstić information content (AvgIpc) is 3.30. The second-order valence-corrected chi connectivity index (χ2v) is 6.08. The summed E-state index contributed by atoms with van der Waals surface area (Å²) in [7, 11) is 0.